The summed E-state index contributed by atoms with van der Waals surface area (Å²) in [5, 5.41) is 3.46. The molecule has 3 aliphatic rings. The van der Waals surface area contributed by atoms with Gasteiger partial charge in [-0.05, 0) is 37.0 Å². The lowest BCUT2D eigenvalue weighted by Gasteiger charge is -2.22. The molecule has 2 aliphatic carbocycles. The summed E-state index contributed by atoms with van der Waals surface area (Å²) >= 11 is 0. The fourth-order valence-corrected chi connectivity index (χ4v) is 3.88. The van der Waals surface area contributed by atoms with Crippen molar-refractivity contribution in [1.82, 2.24) is 14.9 Å². The van der Waals surface area contributed by atoms with Crippen molar-refractivity contribution in [2.24, 2.45) is 11.3 Å². The van der Waals surface area contributed by atoms with Crippen LogP contribution >= 0.6 is 0 Å². The van der Waals surface area contributed by atoms with Crippen LogP contribution in [0.1, 0.15) is 62.7 Å². The molecule has 0 aromatic carbocycles. The number of nitrogens with zero attached hydrogens (tertiary/aromatic N) is 2. The lowest BCUT2D eigenvalue weighted by molar-refractivity contribution is 0.354. The van der Waals surface area contributed by atoms with Crippen molar-refractivity contribution in [3.05, 3.63) is 17.2 Å². The Morgan fingerprint density at radius 2 is 2.16 bits per heavy atom. The Morgan fingerprint density at radius 3 is 2.79 bits per heavy atom. The Kier molecular flexibility index (Phi) is 2.57. The number of hydrogen-bond donors (Lipinski definition) is 1. The Bertz CT molecular complexity index is 492. The zero-order chi connectivity index (χ0) is 13.0. The maximum Gasteiger partial charge on any atom is 0.111 e. The molecular formula is C16H25N3. The normalized spacial score (nSPS) is 24.6. The van der Waals surface area contributed by atoms with E-state index in [4.69, 9.17) is 4.98 Å². The number of fused-ring (bicyclic) bond motifs is 1. The van der Waals surface area contributed by atoms with E-state index < -0.39 is 0 Å². The van der Waals surface area contributed by atoms with Crippen LogP contribution < -0.4 is 5.32 Å². The first-order valence-corrected chi connectivity index (χ1v) is 7.98. The van der Waals surface area contributed by atoms with Gasteiger partial charge in [0.25, 0.3) is 0 Å². The molecule has 0 amide bonds. The minimum Gasteiger partial charge on any atom is -0.331 e. The van der Waals surface area contributed by atoms with Gasteiger partial charge >= 0.3 is 0 Å². The van der Waals surface area contributed by atoms with E-state index >= 15 is 0 Å². The highest BCUT2D eigenvalue weighted by Crippen LogP contribution is 2.62. The van der Waals surface area contributed by atoms with Crippen LogP contribution in [0.25, 0.3) is 0 Å². The first kappa shape index (κ1) is 12.0. The third-order valence-electron chi connectivity index (χ3n) is 5.34. The second kappa shape index (κ2) is 4.08. The van der Waals surface area contributed by atoms with Crippen LogP contribution in [0.15, 0.2) is 0 Å². The van der Waals surface area contributed by atoms with E-state index in [0.29, 0.717) is 11.3 Å². The highest BCUT2D eigenvalue weighted by Gasteiger charge is 2.54. The van der Waals surface area contributed by atoms with E-state index in [-0.39, 0.29) is 0 Å². The Morgan fingerprint density at radius 1 is 1.37 bits per heavy atom. The Balaban J connectivity index is 1.70. The van der Waals surface area contributed by atoms with Gasteiger partial charge in [0, 0.05) is 37.7 Å². The van der Waals surface area contributed by atoms with Crippen LogP contribution in [0, 0.1) is 11.3 Å². The number of aromatic nitrogens is 2. The fraction of sp³-hybridized carbons (Fsp3) is 0.812. The summed E-state index contributed by atoms with van der Waals surface area (Å²) in [6.45, 7) is 7.92. The number of nitrogens with one attached hydrogen (secondary N) is 1. The van der Waals surface area contributed by atoms with Crippen molar-refractivity contribution in [3.63, 3.8) is 0 Å². The number of rotatable bonds is 4. The quantitative estimate of drug-likeness (QED) is 0.901. The monoisotopic (exact) mass is 259 g/mol. The highest BCUT2D eigenvalue weighted by atomic mass is 15.1. The average molecular weight is 259 g/mol. The first-order valence-electron chi connectivity index (χ1n) is 7.98. The molecule has 0 atom stereocenters. The van der Waals surface area contributed by atoms with E-state index in [1.54, 1.807) is 0 Å². The number of hydrogen-bond acceptors (Lipinski definition) is 2. The summed E-state index contributed by atoms with van der Waals surface area (Å²) in [5.74, 6) is 2.91. The molecule has 3 nitrogen and oxygen atoms in total. The van der Waals surface area contributed by atoms with Crippen LogP contribution in [0.5, 0.6) is 0 Å². The van der Waals surface area contributed by atoms with Crippen molar-refractivity contribution >= 4 is 0 Å². The second-order valence-electron chi connectivity index (χ2n) is 7.17. The van der Waals surface area contributed by atoms with E-state index in [9.17, 15) is 0 Å². The maximum absolute atomic E-state index is 4.94. The lowest BCUT2D eigenvalue weighted by atomic mass is 9.99. The van der Waals surface area contributed by atoms with Gasteiger partial charge in [-0.25, -0.2) is 4.98 Å². The Hall–Kier alpha value is -0.830. The minimum atomic E-state index is 0.542. The van der Waals surface area contributed by atoms with E-state index in [0.717, 1.165) is 25.4 Å². The highest BCUT2D eigenvalue weighted by molar-refractivity contribution is 5.23. The summed E-state index contributed by atoms with van der Waals surface area (Å²) < 4.78 is 2.62. The molecule has 104 valence electrons. The molecule has 0 bridgehead atoms. The predicted molar refractivity (Wildman–Crippen MR) is 76.1 cm³/mol. The largest absolute Gasteiger partial charge is 0.331 e. The van der Waals surface area contributed by atoms with Crippen LogP contribution in [0.3, 0.4) is 0 Å². The van der Waals surface area contributed by atoms with Gasteiger partial charge in [0.05, 0.1) is 5.69 Å². The summed E-state index contributed by atoms with van der Waals surface area (Å²) in [6.07, 6.45) is 7.04. The van der Waals surface area contributed by atoms with Gasteiger partial charge in [-0.3, -0.25) is 0 Å². The SMILES string of the molecule is CC(C)c1nc2c(n1CC1(C3CC3)CC1)CCNC2. The van der Waals surface area contributed by atoms with Crippen LogP contribution in [0.2, 0.25) is 0 Å². The average Bonchev–Trinajstić information content (AvgIpc) is 3.27. The predicted octanol–water partition coefficient (Wildman–Crippen LogP) is 2.84. The Labute approximate surface area is 115 Å². The lowest BCUT2D eigenvalue weighted by Crippen LogP contribution is -2.26. The van der Waals surface area contributed by atoms with Crippen molar-refractivity contribution < 1.29 is 0 Å². The van der Waals surface area contributed by atoms with Crippen LogP contribution in [-0.2, 0) is 19.5 Å². The van der Waals surface area contributed by atoms with Crippen LogP contribution in [0.4, 0.5) is 0 Å². The van der Waals surface area contributed by atoms with Crippen molar-refractivity contribution in [1.29, 1.82) is 0 Å². The molecule has 1 aromatic heterocycles. The molecule has 1 aromatic rings. The molecule has 1 N–H and O–H groups in total. The third kappa shape index (κ3) is 1.94. The minimum absolute atomic E-state index is 0.542. The zero-order valence-electron chi connectivity index (χ0n) is 12.2. The molecule has 3 heteroatoms. The third-order valence-corrected chi connectivity index (χ3v) is 5.34. The topological polar surface area (TPSA) is 29.9 Å². The van der Waals surface area contributed by atoms with Gasteiger partial charge < -0.3 is 9.88 Å². The molecule has 0 unspecified atom stereocenters. The summed E-state index contributed by atoms with van der Waals surface area (Å²) in [4.78, 5) is 4.94. The zero-order valence-corrected chi connectivity index (χ0v) is 12.2. The van der Waals surface area contributed by atoms with Gasteiger partial charge in [0.1, 0.15) is 5.82 Å². The summed E-state index contributed by atoms with van der Waals surface area (Å²) in [6, 6.07) is 0. The second-order valence-corrected chi connectivity index (χ2v) is 7.17. The van der Waals surface area contributed by atoms with Gasteiger partial charge in [-0.1, -0.05) is 13.8 Å². The summed E-state index contributed by atoms with van der Waals surface area (Å²) in [7, 11) is 0. The molecule has 2 heterocycles. The van der Waals surface area contributed by atoms with Gasteiger partial charge in [0.15, 0.2) is 0 Å². The molecule has 0 saturated heterocycles. The molecule has 4 rings (SSSR count). The van der Waals surface area contributed by atoms with Crippen LogP contribution in [-0.4, -0.2) is 16.1 Å². The fourth-order valence-electron chi connectivity index (χ4n) is 3.88. The van der Waals surface area contributed by atoms with Gasteiger partial charge in [-0.15, -0.1) is 0 Å². The summed E-state index contributed by atoms with van der Waals surface area (Å²) in [5.41, 5.74) is 3.53. The molecule has 0 spiro atoms. The standard InChI is InChI=1S/C16H25N3/c1-11(2)15-18-13-9-17-8-5-14(13)19(15)10-16(6-7-16)12-3-4-12/h11-12,17H,3-10H2,1-2H3. The van der Waals surface area contributed by atoms with Gasteiger partial charge in [-0.2, -0.15) is 0 Å². The molecule has 0 radical (unpaired) electrons. The first-order chi connectivity index (χ1) is 9.20. The van der Waals surface area contributed by atoms with Gasteiger partial charge in [0.2, 0.25) is 0 Å². The molecule has 2 fully saturated rings. The molecule has 19 heavy (non-hydrogen) atoms. The molecule has 1 aliphatic heterocycles. The van der Waals surface area contributed by atoms with E-state index in [1.165, 1.54) is 49.4 Å². The van der Waals surface area contributed by atoms with Crippen molar-refractivity contribution in [3.8, 4) is 0 Å². The molecular weight excluding hydrogens is 234 g/mol. The number of imidazole rings is 1. The van der Waals surface area contributed by atoms with E-state index in [2.05, 4.69) is 23.7 Å². The van der Waals surface area contributed by atoms with E-state index in [1.807, 2.05) is 0 Å². The maximum atomic E-state index is 4.94. The smallest absolute Gasteiger partial charge is 0.111 e. The van der Waals surface area contributed by atoms with Crippen molar-refractivity contribution in [2.45, 2.75) is 65.0 Å². The molecule has 2 saturated carbocycles. The van der Waals surface area contributed by atoms with Crippen molar-refractivity contribution in [2.75, 3.05) is 6.54 Å².